The molecule has 8 heteroatoms. The van der Waals surface area contributed by atoms with E-state index in [1.807, 2.05) is 19.1 Å². The average molecular weight is 333 g/mol. The largest absolute Gasteiger partial charge is 0.355 e. The summed E-state index contributed by atoms with van der Waals surface area (Å²) in [6.45, 7) is 2.58. The fourth-order valence-electron chi connectivity index (χ4n) is 1.76. The van der Waals surface area contributed by atoms with Gasteiger partial charge in [-0.15, -0.1) is 0 Å². The average Bonchev–Trinajstić information content (AvgIpc) is 3.10. The van der Waals surface area contributed by atoms with Gasteiger partial charge in [-0.3, -0.25) is 14.7 Å². The highest BCUT2D eigenvalue weighted by molar-refractivity contribution is 7.98. The van der Waals surface area contributed by atoms with E-state index in [4.69, 9.17) is 0 Å². The van der Waals surface area contributed by atoms with Crippen LogP contribution in [-0.4, -0.2) is 40.1 Å². The molecule has 1 heterocycles. The summed E-state index contributed by atoms with van der Waals surface area (Å²) in [5.41, 5.74) is 1.60. The van der Waals surface area contributed by atoms with Gasteiger partial charge >= 0.3 is 0 Å². The summed E-state index contributed by atoms with van der Waals surface area (Å²) in [6.07, 6.45) is 2.33. The van der Waals surface area contributed by atoms with Crippen LogP contribution in [0, 0.1) is 0 Å². The Morgan fingerprint density at radius 1 is 1.22 bits per heavy atom. The van der Waals surface area contributed by atoms with Gasteiger partial charge in [0.05, 0.1) is 6.54 Å². The number of nitrogens with zero attached hydrogens (tertiary/aromatic N) is 2. The van der Waals surface area contributed by atoms with Crippen molar-refractivity contribution in [3.63, 3.8) is 0 Å². The SMILES string of the molecule is CCCNC(=O)CNC(=O)c1ccc(CSc2ncn[nH]2)cc1. The molecule has 0 aliphatic rings. The van der Waals surface area contributed by atoms with Crippen LogP contribution >= 0.6 is 11.8 Å². The first-order chi connectivity index (χ1) is 11.2. The predicted octanol–water partition coefficient (Wildman–Crippen LogP) is 1.35. The van der Waals surface area contributed by atoms with Crippen LogP contribution in [0.15, 0.2) is 35.7 Å². The van der Waals surface area contributed by atoms with E-state index in [1.165, 1.54) is 18.1 Å². The lowest BCUT2D eigenvalue weighted by atomic mass is 10.1. The Labute approximate surface area is 138 Å². The number of benzene rings is 1. The van der Waals surface area contributed by atoms with Crippen molar-refractivity contribution in [3.05, 3.63) is 41.7 Å². The van der Waals surface area contributed by atoms with Gasteiger partial charge in [-0.2, -0.15) is 5.10 Å². The fourth-order valence-corrected chi connectivity index (χ4v) is 2.49. The zero-order valence-electron chi connectivity index (χ0n) is 12.8. The lowest BCUT2D eigenvalue weighted by molar-refractivity contribution is -0.120. The van der Waals surface area contributed by atoms with Crippen LogP contribution in [-0.2, 0) is 10.5 Å². The van der Waals surface area contributed by atoms with Gasteiger partial charge in [0.1, 0.15) is 6.33 Å². The zero-order valence-corrected chi connectivity index (χ0v) is 13.7. The van der Waals surface area contributed by atoms with Gasteiger partial charge in [0.2, 0.25) is 5.91 Å². The van der Waals surface area contributed by atoms with E-state index in [0.29, 0.717) is 12.1 Å². The Morgan fingerprint density at radius 3 is 2.65 bits per heavy atom. The maximum Gasteiger partial charge on any atom is 0.251 e. The van der Waals surface area contributed by atoms with Crippen LogP contribution in [0.2, 0.25) is 0 Å². The van der Waals surface area contributed by atoms with Crippen molar-refractivity contribution < 1.29 is 9.59 Å². The van der Waals surface area contributed by atoms with Crippen molar-refractivity contribution in [1.29, 1.82) is 0 Å². The van der Waals surface area contributed by atoms with Crippen LogP contribution in [0.3, 0.4) is 0 Å². The van der Waals surface area contributed by atoms with Crippen molar-refractivity contribution in [3.8, 4) is 0 Å². The van der Waals surface area contributed by atoms with Gasteiger partial charge in [0.25, 0.3) is 5.91 Å². The van der Waals surface area contributed by atoms with E-state index in [-0.39, 0.29) is 18.4 Å². The Bertz CT molecular complexity index is 628. The molecular weight excluding hydrogens is 314 g/mol. The number of amides is 2. The number of carbonyl (C=O) groups is 2. The number of aromatic nitrogens is 3. The van der Waals surface area contributed by atoms with Crippen molar-refractivity contribution in [1.82, 2.24) is 25.8 Å². The van der Waals surface area contributed by atoms with Gasteiger partial charge in [-0.1, -0.05) is 30.8 Å². The molecule has 1 aromatic carbocycles. The smallest absolute Gasteiger partial charge is 0.251 e. The van der Waals surface area contributed by atoms with Gasteiger partial charge in [0, 0.05) is 17.9 Å². The molecule has 2 amide bonds. The molecule has 0 fully saturated rings. The Balaban J connectivity index is 1.79. The second kappa shape index (κ2) is 8.94. The highest BCUT2D eigenvalue weighted by Gasteiger charge is 2.08. The molecule has 0 unspecified atom stereocenters. The minimum absolute atomic E-state index is 0.0120. The lowest BCUT2D eigenvalue weighted by Gasteiger charge is -2.06. The molecule has 0 aliphatic carbocycles. The molecule has 0 bridgehead atoms. The predicted molar refractivity (Wildman–Crippen MR) is 88.0 cm³/mol. The van der Waals surface area contributed by atoms with Crippen molar-refractivity contribution in [2.45, 2.75) is 24.3 Å². The molecule has 3 N–H and O–H groups in total. The molecule has 2 rings (SSSR count). The monoisotopic (exact) mass is 333 g/mol. The molecule has 2 aromatic rings. The third-order valence-electron chi connectivity index (χ3n) is 2.97. The number of rotatable bonds is 8. The third kappa shape index (κ3) is 5.74. The minimum atomic E-state index is -0.258. The van der Waals surface area contributed by atoms with E-state index < -0.39 is 0 Å². The van der Waals surface area contributed by atoms with Gasteiger partial charge < -0.3 is 10.6 Å². The molecule has 0 saturated heterocycles. The van der Waals surface area contributed by atoms with E-state index in [9.17, 15) is 9.59 Å². The molecule has 0 spiro atoms. The summed E-state index contributed by atoms with van der Waals surface area (Å²) in [5, 5.41) is 12.6. The first-order valence-electron chi connectivity index (χ1n) is 7.31. The standard InChI is InChI=1S/C15H19N5O2S/c1-2-7-16-13(21)8-17-14(22)12-5-3-11(4-6-12)9-23-15-18-10-19-20-15/h3-6,10H,2,7-9H2,1H3,(H,16,21)(H,17,22)(H,18,19,20). The number of carbonyl (C=O) groups excluding carboxylic acids is 2. The summed E-state index contributed by atoms with van der Waals surface area (Å²) >= 11 is 1.53. The quantitative estimate of drug-likeness (QED) is 0.633. The van der Waals surface area contributed by atoms with Crippen LogP contribution in [0.1, 0.15) is 29.3 Å². The minimum Gasteiger partial charge on any atom is -0.355 e. The number of hydrogen-bond acceptors (Lipinski definition) is 5. The summed E-state index contributed by atoms with van der Waals surface area (Å²) in [7, 11) is 0. The molecule has 122 valence electrons. The summed E-state index contributed by atoms with van der Waals surface area (Å²) < 4.78 is 0. The van der Waals surface area contributed by atoms with Gasteiger partial charge in [-0.05, 0) is 24.1 Å². The summed E-state index contributed by atoms with van der Waals surface area (Å²) in [5.74, 6) is 0.294. The topological polar surface area (TPSA) is 99.8 Å². The number of aromatic amines is 1. The normalized spacial score (nSPS) is 10.3. The van der Waals surface area contributed by atoms with Crippen LogP contribution in [0.25, 0.3) is 0 Å². The Hall–Kier alpha value is -2.35. The highest BCUT2D eigenvalue weighted by atomic mass is 32.2. The molecule has 0 aliphatic heterocycles. The maximum atomic E-state index is 12.0. The second-order valence-corrected chi connectivity index (χ2v) is 5.77. The highest BCUT2D eigenvalue weighted by Crippen LogP contribution is 2.18. The molecule has 0 atom stereocenters. The zero-order chi connectivity index (χ0) is 16.5. The molecular formula is C15H19N5O2S. The summed E-state index contributed by atoms with van der Waals surface area (Å²) in [4.78, 5) is 27.4. The van der Waals surface area contributed by atoms with Crippen molar-refractivity contribution >= 4 is 23.6 Å². The van der Waals surface area contributed by atoms with E-state index in [2.05, 4.69) is 25.8 Å². The van der Waals surface area contributed by atoms with E-state index in [1.54, 1.807) is 12.1 Å². The fraction of sp³-hybridized carbons (Fsp3) is 0.333. The van der Waals surface area contributed by atoms with Crippen LogP contribution in [0.5, 0.6) is 0 Å². The molecule has 7 nitrogen and oxygen atoms in total. The Kier molecular flexibility index (Phi) is 6.61. The molecule has 0 saturated carbocycles. The second-order valence-electron chi connectivity index (χ2n) is 4.81. The number of hydrogen-bond donors (Lipinski definition) is 3. The summed E-state index contributed by atoms with van der Waals surface area (Å²) in [6, 6.07) is 7.26. The first-order valence-corrected chi connectivity index (χ1v) is 8.29. The van der Waals surface area contributed by atoms with Crippen molar-refractivity contribution in [2.75, 3.05) is 13.1 Å². The van der Waals surface area contributed by atoms with Crippen LogP contribution < -0.4 is 10.6 Å². The Morgan fingerprint density at radius 2 is 2.00 bits per heavy atom. The van der Waals surface area contributed by atoms with E-state index in [0.717, 1.165) is 22.9 Å². The molecule has 23 heavy (non-hydrogen) atoms. The van der Waals surface area contributed by atoms with Crippen molar-refractivity contribution in [2.24, 2.45) is 0 Å². The maximum absolute atomic E-state index is 12.0. The lowest BCUT2D eigenvalue weighted by Crippen LogP contribution is -2.37. The first kappa shape index (κ1) is 17.0. The number of nitrogens with one attached hydrogen (secondary N) is 3. The molecule has 1 aromatic heterocycles. The molecule has 0 radical (unpaired) electrons. The number of thioether (sulfide) groups is 1. The van der Waals surface area contributed by atoms with Gasteiger partial charge in [-0.25, -0.2) is 4.98 Å². The van der Waals surface area contributed by atoms with Gasteiger partial charge in [0.15, 0.2) is 5.16 Å². The number of H-pyrrole nitrogens is 1. The third-order valence-corrected chi connectivity index (χ3v) is 3.91. The van der Waals surface area contributed by atoms with E-state index >= 15 is 0 Å². The van der Waals surface area contributed by atoms with Crippen LogP contribution in [0.4, 0.5) is 0 Å².